The Morgan fingerprint density at radius 2 is 1.88 bits per heavy atom. The number of carbonyl (C=O) groups excluding carboxylic acids is 1. The van der Waals surface area contributed by atoms with Gasteiger partial charge in [0, 0.05) is 10.0 Å². The zero-order chi connectivity index (χ0) is 23.3. The number of sulfonamides is 1. The molecule has 0 unspecified atom stereocenters. The molecule has 1 saturated heterocycles. The van der Waals surface area contributed by atoms with Gasteiger partial charge in [0.05, 0.1) is 43.9 Å². The molecule has 2 aromatic rings. The molecule has 1 heterocycles. The highest BCUT2D eigenvalue weighted by Crippen LogP contribution is 2.24. The average molecular weight is 525 g/mol. The van der Waals surface area contributed by atoms with E-state index in [0.717, 1.165) is 9.37 Å². The summed E-state index contributed by atoms with van der Waals surface area (Å²) in [6.45, 7) is 3.63. The third-order valence-corrected chi connectivity index (χ3v) is 7.66. The number of halogens is 1. The minimum Gasteiger partial charge on any atom is -0.870 e. The zero-order valence-electron chi connectivity index (χ0n) is 17.8. The smallest absolute Gasteiger partial charge is 0.295 e. The third-order valence-electron chi connectivity index (χ3n) is 5.22. The minimum atomic E-state index is -3.55. The van der Waals surface area contributed by atoms with Crippen LogP contribution in [0.25, 0.3) is 0 Å². The second-order valence-electron chi connectivity index (χ2n) is 7.38. The van der Waals surface area contributed by atoms with E-state index in [0.29, 0.717) is 37.5 Å². The van der Waals surface area contributed by atoms with Crippen LogP contribution in [-0.2, 0) is 14.8 Å². The molecule has 0 bridgehead atoms. The van der Waals surface area contributed by atoms with Crippen molar-refractivity contribution in [2.75, 3.05) is 39.8 Å². The van der Waals surface area contributed by atoms with E-state index >= 15 is 0 Å². The molecule has 2 aromatic carbocycles. The molecule has 0 aromatic heterocycles. The summed E-state index contributed by atoms with van der Waals surface area (Å²) in [5.41, 5.74) is 3.73. The normalized spacial score (nSPS) is 16.0. The molecular weight excluding hydrogens is 500 g/mol. The summed E-state index contributed by atoms with van der Waals surface area (Å²) in [5, 5.41) is 15.7. The fraction of sp³-hybridized carbons (Fsp3) is 0.333. The number of quaternary nitrogens is 1. The Kier molecular flexibility index (Phi) is 7.88. The van der Waals surface area contributed by atoms with Gasteiger partial charge < -0.3 is 14.7 Å². The number of ether oxygens (including phenoxy) is 1. The number of piperazine rings is 1. The molecule has 32 heavy (non-hydrogen) atoms. The van der Waals surface area contributed by atoms with Gasteiger partial charge in [-0.1, -0.05) is 33.8 Å². The van der Waals surface area contributed by atoms with E-state index < -0.39 is 10.0 Å². The van der Waals surface area contributed by atoms with Gasteiger partial charge in [0.25, 0.3) is 5.91 Å². The summed E-state index contributed by atoms with van der Waals surface area (Å²) >= 11 is 3.31. The van der Waals surface area contributed by atoms with Crippen molar-refractivity contribution in [3.8, 4) is 11.5 Å². The first kappa shape index (κ1) is 24.2. The Morgan fingerprint density at radius 1 is 1.22 bits per heavy atom. The topological polar surface area (TPSA) is 116 Å². The molecule has 1 aliphatic rings. The standard InChI is InChI=1S/C21H25BrN4O5S/c1-15(16-3-8-19(27)20(13-16)31-2)23-24-21(28)14-25-9-11-26(12-10-25)32(29,30)18-6-4-17(22)5-7-18/h3-8,13,27H,9-12,14H2,1-2H3,(H,24,28). The Bertz CT molecular complexity index is 1100. The summed E-state index contributed by atoms with van der Waals surface area (Å²) in [6, 6.07) is 11.1. The molecule has 2 N–H and O–H groups in total. The Morgan fingerprint density at radius 3 is 2.50 bits per heavy atom. The van der Waals surface area contributed by atoms with Gasteiger partial charge in [-0.15, -0.1) is 0 Å². The first-order valence-electron chi connectivity index (χ1n) is 9.98. The Labute approximate surface area is 195 Å². The summed E-state index contributed by atoms with van der Waals surface area (Å²) in [5.74, 6) is -0.280. The fourth-order valence-corrected chi connectivity index (χ4v) is 5.05. The van der Waals surface area contributed by atoms with Gasteiger partial charge in [-0.05, 0) is 37.3 Å². The van der Waals surface area contributed by atoms with Crippen LogP contribution in [-0.4, -0.2) is 64.2 Å². The SMILES string of the molecule is COc1cc(C(C)=NNC(=O)C[NH+]2CCN(S(=O)(=O)c3ccc(Br)cc3)CC2)ccc1[O-]. The number of methoxy groups -OCH3 is 1. The van der Waals surface area contributed by atoms with Gasteiger partial charge in [-0.25, -0.2) is 13.8 Å². The number of rotatable bonds is 7. The molecule has 0 radical (unpaired) electrons. The van der Waals surface area contributed by atoms with Crippen LogP contribution >= 0.6 is 15.9 Å². The Hall–Kier alpha value is -2.47. The number of hydrogen-bond acceptors (Lipinski definition) is 6. The van der Waals surface area contributed by atoms with Crippen LogP contribution in [0.4, 0.5) is 0 Å². The van der Waals surface area contributed by atoms with Crippen LogP contribution in [0.5, 0.6) is 11.5 Å². The average Bonchev–Trinajstić information content (AvgIpc) is 2.78. The van der Waals surface area contributed by atoms with Gasteiger partial charge in [0.2, 0.25) is 10.0 Å². The molecule has 1 fully saturated rings. The van der Waals surface area contributed by atoms with Gasteiger partial charge >= 0.3 is 0 Å². The molecule has 1 aliphatic heterocycles. The maximum atomic E-state index is 12.8. The lowest BCUT2D eigenvalue weighted by atomic mass is 10.1. The van der Waals surface area contributed by atoms with Gasteiger partial charge in [0.15, 0.2) is 6.54 Å². The summed E-state index contributed by atoms with van der Waals surface area (Å²) in [7, 11) is -2.13. The predicted molar refractivity (Wildman–Crippen MR) is 121 cm³/mol. The lowest BCUT2D eigenvalue weighted by Crippen LogP contribution is -3.15. The van der Waals surface area contributed by atoms with Crippen LogP contribution in [0.2, 0.25) is 0 Å². The number of nitrogens with zero attached hydrogens (tertiary/aromatic N) is 2. The maximum absolute atomic E-state index is 12.8. The van der Waals surface area contributed by atoms with E-state index in [2.05, 4.69) is 26.5 Å². The number of carbonyl (C=O) groups is 1. The van der Waals surface area contributed by atoms with Crippen molar-refractivity contribution in [1.29, 1.82) is 0 Å². The number of nitrogens with one attached hydrogen (secondary N) is 2. The minimum absolute atomic E-state index is 0.186. The van der Waals surface area contributed by atoms with E-state index in [1.54, 1.807) is 43.3 Å². The van der Waals surface area contributed by atoms with E-state index in [4.69, 9.17) is 4.74 Å². The highest BCUT2D eigenvalue weighted by atomic mass is 79.9. The molecule has 1 amide bonds. The summed E-state index contributed by atoms with van der Waals surface area (Å²) in [4.78, 5) is 13.5. The monoisotopic (exact) mass is 524 g/mol. The van der Waals surface area contributed by atoms with Crippen molar-refractivity contribution in [1.82, 2.24) is 9.73 Å². The molecule has 0 saturated carbocycles. The van der Waals surface area contributed by atoms with Gasteiger partial charge in [-0.2, -0.15) is 9.41 Å². The fourth-order valence-electron chi connectivity index (χ4n) is 3.35. The van der Waals surface area contributed by atoms with Gasteiger partial charge in [0.1, 0.15) is 5.75 Å². The lowest BCUT2D eigenvalue weighted by molar-refractivity contribution is -0.895. The van der Waals surface area contributed by atoms with Crippen molar-refractivity contribution < 1.29 is 28.0 Å². The summed E-state index contributed by atoms with van der Waals surface area (Å²) in [6.07, 6.45) is 0. The number of amides is 1. The largest absolute Gasteiger partial charge is 0.870 e. The second kappa shape index (κ2) is 10.4. The van der Waals surface area contributed by atoms with Crippen LogP contribution < -0.4 is 20.2 Å². The Balaban J connectivity index is 1.52. The van der Waals surface area contributed by atoms with Crippen LogP contribution in [0.15, 0.2) is 56.9 Å². The van der Waals surface area contributed by atoms with Crippen LogP contribution in [0.1, 0.15) is 12.5 Å². The van der Waals surface area contributed by atoms with Crippen molar-refractivity contribution in [2.24, 2.45) is 5.10 Å². The molecular formula is C21H25BrN4O5S. The van der Waals surface area contributed by atoms with E-state index in [9.17, 15) is 18.3 Å². The maximum Gasteiger partial charge on any atom is 0.295 e. The number of hydrazone groups is 1. The predicted octanol–water partition coefficient (Wildman–Crippen LogP) is -0.0391. The van der Waals surface area contributed by atoms with E-state index in [-0.39, 0.29) is 28.8 Å². The summed E-state index contributed by atoms with van der Waals surface area (Å²) < 4.78 is 32.9. The van der Waals surface area contributed by atoms with Gasteiger partial charge in [-0.3, -0.25) is 4.79 Å². The van der Waals surface area contributed by atoms with Crippen molar-refractivity contribution in [3.05, 3.63) is 52.5 Å². The van der Waals surface area contributed by atoms with Crippen LogP contribution in [0.3, 0.4) is 0 Å². The molecule has 0 spiro atoms. The number of hydrogen-bond donors (Lipinski definition) is 2. The van der Waals surface area contributed by atoms with E-state index in [1.807, 2.05) is 0 Å². The molecule has 172 valence electrons. The first-order chi connectivity index (χ1) is 15.2. The highest BCUT2D eigenvalue weighted by molar-refractivity contribution is 9.10. The zero-order valence-corrected chi connectivity index (χ0v) is 20.2. The third kappa shape index (κ3) is 5.85. The molecule has 0 atom stereocenters. The molecule has 9 nitrogen and oxygen atoms in total. The van der Waals surface area contributed by atoms with Crippen molar-refractivity contribution in [3.63, 3.8) is 0 Å². The quantitative estimate of drug-likeness (QED) is 0.389. The lowest BCUT2D eigenvalue weighted by Gasteiger charge is -2.31. The van der Waals surface area contributed by atoms with Crippen molar-refractivity contribution >= 4 is 37.6 Å². The van der Waals surface area contributed by atoms with Crippen LogP contribution in [0, 0.1) is 0 Å². The number of benzene rings is 2. The van der Waals surface area contributed by atoms with E-state index in [1.165, 1.54) is 17.5 Å². The highest BCUT2D eigenvalue weighted by Gasteiger charge is 2.31. The van der Waals surface area contributed by atoms with Crippen molar-refractivity contribution in [2.45, 2.75) is 11.8 Å². The molecule has 0 aliphatic carbocycles. The second-order valence-corrected chi connectivity index (χ2v) is 10.2. The first-order valence-corrected chi connectivity index (χ1v) is 12.2. The molecule has 11 heteroatoms. The molecule has 3 rings (SSSR count).